The fraction of sp³-hybridized carbons (Fsp3) is 0.0588. The van der Waals surface area contributed by atoms with Gasteiger partial charge in [-0.2, -0.15) is 8.78 Å². The van der Waals surface area contributed by atoms with Crippen molar-refractivity contribution in [2.45, 2.75) is 6.61 Å². The molecule has 0 fully saturated rings. The molecule has 0 bridgehead atoms. The van der Waals surface area contributed by atoms with Gasteiger partial charge >= 0.3 is 6.61 Å². The average Bonchev–Trinajstić information content (AvgIpc) is 3.24. The fourth-order valence-corrected chi connectivity index (χ4v) is 2.74. The number of nitrogens with one attached hydrogen (secondary N) is 1. The number of anilines is 1. The van der Waals surface area contributed by atoms with Crippen LogP contribution in [0.25, 0.3) is 17.3 Å². The maximum absolute atomic E-state index is 12.5. The Hall–Kier alpha value is -3.00. The highest BCUT2D eigenvalue weighted by molar-refractivity contribution is 7.14. The number of hydrogen-bond acceptors (Lipinski definition) is 5. The Labute approximate surface area is 145 Å². The molecule has 1 aromatic carbocycles. The molecule has 2 heterocycles. The predicted octanol–water partition coefficient (Wildman–Crippen LogP) is 4.66. The normalized spacial score (nSPS) is 11.2. The monoisotopic (exact) mass is 362 g/mol. The van der Waals surface area contributed by atoms with E-state index in [2.05, 4.69) is 15.0 Å². The number of rotatable bonds is 6. The van der Waals surface area contributed by atoms with E-state index in [9.17, 15) is 13.6 Å². The summed E-state index contributed by atoms with van der Waals surface area (Å²) in [6.45, 7) is -2.93. The van der Waals surface area contributed by atoms with E-state index in [4.69, 9.17) is 4.42 Å². The number of nitrogens with zero attached hydrogens (tertiary/aromatic N) is 1. The van der Waals surface area contributed by atoms with E-state index >= 15 is 0 Å². The van der Waals surface area contributed by atoms with Crippen LogP contribution in [0.2, 0.25) is 0 Å². The molecular weight excluding hydrogens is 350 g/mol. The van der Waals surface area contributed by atoms with Gasteiger partial charge in [0, 0.05) is 17.0 Å². The molecule has 0 unspecified atom stereocenters. The molecule has 8 heteroatoms. The van der Waals surface area contributed by atoms with Crippen molar-refractivity contribution in [1.29, 1.82) is 0 Å². The van der Waals surface area contributed by atoms with Crippen LogP contribution >= 0.6 is 11.3 Å². The molecule has 0 aliphatic rings. The lowest BCUT2D eigenvalue weighted by Crippen LogP contribution is -2.07. The van der Waals surface area contributed by atoms with E-state index in [1.807, 2.05) is 0 Å². The first-order valence-corrected chi connectivity index (χ1v) is 8.02. The molecule has 0 saturated heterocycles. The molecule has 0 saturated carbocycles. The van der Waals surface area contributed by atoms with Gasteiger partial charge in [0.1, 0.15) is 11.5 Å². The number of furan rings is 1. The van der Waals surface area contributed by atoms with Gasteiger partial charge in [-0.05, 0) is 30.3 Å². The Balaban J connectivity index is 1.71. The minimum absolute atomic E-state index is 0.0263. The van der Waals surface area contributed by atoms with Gasteiger partial charge in [-0.3, -0.25) is 10.1 Å². The number of para-hydroxylation sites is 1. The molecular formula is C17H12F2N2O3S. The Bertz CT molecular complexity index is 876. The van der Waals surface area contributed by atoms with Gasteiger partial charge in [-0.15, -0.1) is 11.3 Å². The molecule has 2 aromatic heterocycles. The SMILES string of the molecule is O=C(/C=C/c1ccco1)Nc1nc(-c2ccccc2OC(F)F)cs1. The van der Waals surface area contributed by atoms with E-state index in [0.717, 1.165) is 0 Å². The summed E-state index contributed by atoms with van der Waals surface area (Å²) in [5, 5.41) is 4.60. The number of alkyl halides is 2. The number of thiazole rings is 1. The fourth-order valence-electron chi connectivity index (χ4n) is 2.02. The molecule has 5 nitrogen and oxygen atoms in total. The Morgan fingerprint density at radius 3 is 2.88 bits per heavy atom. The predicted molar refractivity (Wildman–Crippen MR) is 90.6 cm³/mol. The van der Waals surface area contributed by atoms with Crippen molar-refractivity contribution in [3.05, 3.63) is 59.9 Å². The summed E-state index contributed by atoms with van der Waals surface area (Å²) in [4.78, 5) is 16.1. The molecule has 0 radical (unpaired) electrons. The van der Waals surface area contributed by atoms with Crippen LogP contribution in [0.1, 0.15) is 5.76 Å². The van der Waals surface area contributed by atoms with E-state index in [0.29, 0.717) is 22.1 Å². The van der Waals surface area contributed by atoms with Crippen molar-refractivity contribution in [2.24, 2.45) is 0 Å². The van der Waals surface area contributed by atoms with Gasteiger partial charge in [-0.1, -0.05) is 12.1 Å². The summed E-state index contributed by atoms with van der Waals surface area (Å²) in [5.74, 6) is 0.195. The minimum atomic E-state index is -2.93. The Morgan fingerprint density at radius 2 is 2.12 bits per heavy atom. The van der Waals surface area contributed by atoms with Crippen LogP contribution < -0.4 is 10.1 Å². The van der Waals surface area contributed by atoms with Crippen LogP contribution in [0, 0.1) is 0 Å². The maximum Gasteiger partial charge on any atom is 0.387 e. The smallest absolute Gasteiger partial charge is 0.387 e. The number of halogens is 2. The van der Waals surface area contributed by atoms with Gasteiger partial charge < -0.3 is 9.15 Å². The zero-order valence-corrected chi connectivity index (χ0v) is 13.5. The highest BCUT2D eigenvalue weighted by atomic mass is 32.1. The first-order chi connectivity index (χ1) is 12.1. The third kappa shape index (κ3) is 4.51. The minimum Gasteiger partial charge on any atom is -0.465 e. The lowest BCUT2D eigenvalue weighted by molar-refractivity contribution is -0.111. The lowest BCUT2D eigenvalue weighted by atomic mass is 10.1. The van der Waals surface area contributed by atoms with Gasteiger partial charge in [0.05, 0.1) is 12.0 Å². The van der Waals surface area contributed by atoms with Crippen LogP contribution in [0.5, 0.6) is 5.75 Å². The third-order valence-electron chi connectivity index (χ3n) is 3.06. The summed E-state index contributed by atoms with van der Waals surface area (Å²) >= 11 is 1.18. The number of benzene rings is 1. The van der Waals surface area contributed by atoms with Gasteiger partial charge in [0.2, 0.25) is 5.91 Å². The number of carbonyl (C=O) groups is 1. The molecule has 1 amide bonds. The third-order valence-corrected chi connectivity index (χ3v) is 3.81. The number of hydrogen-bond donors (Lipinski definition) is 1. The molecule has 0 aliphatic heterocycles. The summed E-state index contributed by atoms with van der Waals surface area (Å²) in [6.07, 6.45) is 4.34. The molecule has 25 heavy (non-hydrogen) atoms. The van der Waals surface area contributed by atoms with Gasteiger partial charge in [-0.25, -0.2) is 4.98 Å². The van der Waals surface area contributed by atoms with E-state index in [1.54, 1.807) is 35.7 Å². The van der Waals surface area contributed by atoms with Crippen LogP contribution in [0.15, 0.2) is 58.5 Å². The van der Waals surface area contributed by atoms with Crippen molar-refractivity contribution >= 4 is 28.5 Å². The highest BCUT2D eigenvalue weighted by Crippen LogP contribution is 2.32. The Morgan fingerprint density at radius 1 is 1.28 bits per heavy atom. The summed E-state index contributed by atoms with van der Waals surface area (Å²) in [6, 6.07) is 9.77. The maximum atomic E-state index is 12.5. The van der Waals surface area contributed by atoms with Crippen molar-refractivity contribution in [1.82, 2.24) is 4.98 Å². The lowest BCUT2D eigenvalue weighted by Gasteiger charge is -2.08. The van der Waals surface area contributed by atoms with E-state index in [1.165, 1.54) is 35.8 Å². The second-order valence-electron chi connectivity index (χ2n) is 4.75. The van der Waals surface area contributed by atoms with Gasteiger partial charge in [0.25, 0.3) is 0 Å². The first kappa shape index (κ1) is 16.8. The zero-order chi connectivity index (χ0) is 17.6. The molecule has 3 rings (SSSR count). The van der Waals surface area contributed by atoms with Crippen LogP contribution in [-0.2, 0) is 4.79 Å². The van der Waals surface area contributed by atoms with Crippen molar-refractivity contribution in [3.8, 4) is 17.0 Å². The number of aromatic nitrogens is 1. The molecule has 0 aliphatic carbocycles. The second kappa shape index (κ2) is 7.71. The second-order valence-corrected chi connectivity index (χ2v) is 5.61. The van der Waals surface area contributed by atoms with Gasteiger partial charge in [0.15, 0.2) is 5.13 Å². The summed E-state index contributed by atoms with van der Waals surface area (Å²) in [5.41, 5.74) is 0.859. The molecule has 3 aromatic rings. The topological polar surface area (TPSA) is 64.4 Å². The standard InChI is InChI=1S/C17H12F2N2O3S/c18-16(19)24-14-6-2-1-5-12(14)13-10-25-17(20-13)21-15(22)8-7-11-4-3-9-23-11/h1-10,16H,(H,20,21,22)/b8-7+. The number of carbonyl (C=O) groups excluding carboxylic acids is 1. The number of ether oxygens (including phenoxy) is 1. The quantitative estimate of drug-likeness (QED) is 0.648. The van der Waals surface area contributed by atoms with Crippen LogP contribution in [0.3, 0.4) is 0 Å². The van der Waals surface area contributed by atoms with Crippen molar-refractivity contribution in [2.75, 3.05) is 5.32 Å². The first-order valence-electron chi connectivity index (χ1n) is 7.14. The summed E-state index contributed by atoms with van der Waals surface area (Å²) < 4.78 is 34.5. The highest BCUT2D eigenvalue weighted by Gasteiger charge is 2.13. The van der Waals surface area contributed by atoms with Crippen molar-refractivity contribution < 1.29 is 22.7 Å². The van der Waals surface area contributed by atoms with Crippen LogP contribution in [-0.4, -0.2) is 17.5 Å². The molecule has 128 valence electrons. The van der Waals surface area contributed by atoms with E-state index in [-0.39, 0.29) is 11.7 Å². The van der Waals surface area contributed by atoms with Crippen LogP contribution in [0.4, 0.5) is 13.9 Å². The zero-order valence-electron chi connectivity index (χ0n) is 12.7. The molecule has 1 N–H and O–H groups in total. The molecule has 0 atom stereocenters. The van der Waals surface area contributed by atoms with E-state index < -0.39 is 6.61 Å². The molecule has 0 spiro atoms. The Kier molecular flexibility index (Phi) is 5.20. The number of amides is 1. The average molecular weight is 362 g/mol. The largest absolute Gasteiger partial charge is 0.465 e. The summed E-state index contributed by atoms with van der Waals surface area (Å²) in [7, 11) is 0. The van der Waals surface area contributed by atoms with Crippen molar-refractivity contribution in [3.63, 3.8) is 0 Å².